The van der Waals surface area contributed by atoms with Gasteiger partial charge in [0.15, 0.2) is 5.78 Å². The highest BCUT2D eigenvalue weighted by Crippen LogP contribution is 2.20. The molecule has 0 aliphatic rings. The fraction of sp³-hybridized carbons (Fsp3) is 0.0625. The van der Waals surface area contributed by atoms with E-state index >= 15 is 0 Å². The lowest BCUT2D eigenvalue weighted by Gasteiger charge is -2.00. The summed E-state index contributed by atoms with van der Waals surface area (Å²) < 4.78 is 0. The minimum absolute atomic E-state index is 0.0335. The summed E-state index contributed by atoms with van der Waals surface area (Å²) in [4.78, 5) is 22.5. The average Bonchev–Trinajstić information content (AvgIpc) is 2.47. The van der Waals surface area contributed by atoms with E-state index < -0.39 is 4.92 Å². The first kappa shape index (κ1) is 14.9. The van der Waals surface area contributed by atoms with Crippen LogP contribution in [-0.4, -0.2) is 10.7 Å². The monoisotopic (exact) mass is 301 g/mol. The van der Waals surface area contributed by atoms with Gasteiger partial charge in [-0.1, -0.05) is 23.7 Å². The molecule has 0 heterocycles. The summed E-state index contributed by atoms with van der Waals surface area (Å²) >= 11 is 5.91. The molecule has 0 saturated carbocycles. The van der Waals surface area contributed by atoms with Crippen molar-refractivity contribution in [1.29, 1.82) is 0 Å². The van der Waals surface area contributed by atoms with Crippen LogP contribution in [0.2, 0.25) is 5.02 Å². The van der Waals surface area contributed by atoms with Crippen LogP contribution < -0.4 is 0 Å². The number of carbonyl (C=O) groups excluding carboxylic acids is 1. The second-order valence-electron chi connectivity index (χ2n) is 4.48. The van der Waals surface area contributed by atoms with Gasteiger partial charge in [-0.3, -0.25) is 14.9 Å². The van der Waals surface area contributed by atoms with Crippen molar-refractivity contribution < 1.29 is 9.72 Å². The first-order valence-corrected chi connectivity index (χ1v) is 6.59. The molecule has 0 amide bonds. The Morgan fingerprint density at radius 3 is 2.62 bits per heavy atom. The summed E-state index contributed by atoms with van der Waals surface area (Å²) in [5, 5.41) is 11.5. The molecule has 0 aliphatic heterocycles. The standard InChI is InChI=1S/C16H12ClNO3/c1-11-10-13(6-8-14(11)17)16(19)9-7-12-4-2-3-5-15(12)18(20)21/h2-10H,1H3/b9-7+. The van der Waals surface area contributed by atoms with Crippen LogP contribution in [0.4, 0.5) is 5.69 Å². The Morgan fingerprint density at radius 2 is 1.95 bits per heavy atom. The zero-order valence-electron chi connectivity index (χ0n) is 11.2. The lowest BCUT2D eigenvalue weighted by molar-refractivity contribution is -0.385. The van der Waals surface area contributed by atoms with E-state index in [1.54, 1.807) is 36.4 Å². The minimum Gasteiger partial charge on any atom is -0.289 e. The molecule has 5 heteroatoms. The molecule has 0 N–H and O–H groups in total. The lowest BCUT2D eigenvalue weighted by Crippen LogP contribution is -1.95. The number of para-hydroxylation sites is 1. The third-order valence-corrected chi connectivity index (χ3v) is 3.41. The second kappa shape index (κ2) is 6.33. The molecule has 0 atom stereocenters. The van der Waals surface area contributed by atoms with Crippen LogP contribution >= 0.6 is 11.6 Å². The number of benzene rings is 2. The van der Waals surface area contributed by atoms with Gasteiger partial charge in [0.1, 0.15) is 0 Å². The fourth-order valence-electron chi connectivity index (χ4n) is 1.85. The number of carbonyl (C=O) groups is 1. The Bertz CT molecular complexity index is 738. The number of allylic oxidation sites excluding steroid dienone is 1. The molecule has 21 heavy (non-hydrogen) atoms. The number of rotatable bonds is 4. The van der Waals surface area contributed by atoms with Gasteiger partial charge >= 0.3 is 0 Å². The maximum absolute atomic E-state index is 12.1. The number of halogens is 1. The van der Waals surface area contributed by atoms with E-state index in [0.717, 1.165) is 5.56 Å². The lowest BCUT2D eigenvalue weighted by atomic mass is 10.1. The molecule has 0 aliphatic carbocycles. The summed E-state index contributed by atoms with van der Waals surface area (Å²) in [5.74, 6) is -0.229. The molecule has 2 aromatic carbocycles. The summed E-state index contributed by atoms with van der Waals surface area (Å²) in [7, 11) is 0. The number of nitro benzene ring substituents is 1. The quantitative estimate of drug-likeness (QED) is 0.363. The first-order chi connectivity index (χ1) is 9.99. The molecule has 0 spiro atoms. The van der Waals surface area contributed by atoms with Crippen molar-refractivity contribution in [2.24, 2.45) is 0 Å². The molecule has 106 valence electrons. The Balaban J connectivity index is 2.27. The molecule has 0 radical (unpaired) electrons. The highest BCUT2D eigenvalue weighted by Gasteiger charge is 2.10. The maximum Gasteiger partial charge on any atom is 0.276 e. The van der Waals surface area contributed by atoms with Gasteiger partial charge in [0.2, 0.25) is 0 Å². The largest absolute Gasteiger partial charge is 0.289 e. The van der Waals surface area contributed by atoms with Crippen LogP contribution in [0.3, 0.4) is 0 Å². The third kappa shape index (κ3) is 3.55. The van der Waals surface area contributed by atoms with Gasteiger partial charge in [-0.25, -0.2) is 0 Å². The van der Waals surface area contributed by atoms with Crippen LogP contribution in [0.15, 0.2) is 48.5 Å². The highest BCUT2D eigenvalue weighted by molar-refractivity contribution is 6.31. The molecule has 0 saturated heterocycles. The molecular weight excluding hydrogens is 290 g/mol. The third-order valence-electron chi connectivity index (χ3n) is 2.99. The molecule has 0 fully saturated rings. The first-order valence-electron chi connectivity index (χ1n) is 6.21. The van der Waals surface area contributed by atoms with Crippen LogP contribution in [0.1, 0.15) is 21.5 Å². The Hall–Kier alpha value is -2.46. The van der Waals surface area contributed by atoms with Gasteiger partial charge in [-0.15, -0.1) is 0 Å². The topological polar surface area (TPSA) is 60.2 Å². The summed E-state index contributed by atoms with van der Waals surface area (Å²) in [6.07, 6.45) is 2.77. The van der Waals surface area contributed by atoms with E-state index in [-0.39, 0.29) is 11.5 Å². The number of hydrogen-bond acceptors (Lipinski definition) is 3. The molecule has 0 aromatic heterocycles. The van der Waals surface area contributed by atoms with Gasteiger partial charge in [0.25, 0.3) is 5.69 Å². The van der Waals surface area contributed by atoms with Crippen molar-refractivity contribution >= 4 is 29.1 Å². The summed E-state index contributed by atoms with van der Waals surface area (Å²) in [6.45, 7) is 1.81. The van der Waals surface area contributed by atoms with E-state index in [1.165, 1.54) is 18.2 Å². The van der Waals surface area contributed by atoms with E-state index in [1.807, 2.05) is 6.92 Å². The van der Waals surface area contributed by atoms with E-state index in [9.17, 15) is 14.9 Å². The van der Waals surface area contributed by atoms with Gasteiger partial charge in [-0.2, -0.15) is 0 Å². The SMILES string of the molecule is Cc1cc(C(=O)/C=C/c2ccccc2[N+](=O)[O-])ccc1Cl. The van der Waals surface area contributed by atoms with E-state index in [2.05, 4.69) is 0 Å². The predicted molar refractivity (Wildman–Crippen MR) is 82.6 cm³/mol. The van der Waals surface area contributed by atoms with Gasteiger partial charge in [0, 0.05) is 16.7 Å². The normalized spacial score (nSPS) is 10.8. The van der Waals surface area contributed by atoms with Crippen LogP contribution in [0, 0.1) is 17.0 Å². The maximum atomic E-state index is 12.1. The number of nitro groups is 1. The van der Waals surface area contributed by atoms with Crippen molar-refractivity contribution in [2.45, 2.75) is 6.92 Å². The van der Waals surface area contributed by atoms with Crippen molar-refractivity contribution in [3.05, 3.63) is 80.4 Å². The Labute approximate surface area is 126 Å². The minimum atomic E-state index is -0.476. The molecule has 0 unspecified atom stereocenters. The number of aryl methyl sites for hydroxylation is 1. The highest BCUT2D eigenvalue weighted by atomic mass is 35.5. The fourth-order valence-corrected chi connectivity index (χ4v) is 1.97. The van der Waals surface area contributed by atoms with Crippen molar-refractivity contribution in [3.8, 4) is 0 Å². The molecule has 4 nitrogen and oxygen atoms in total. The van der Waals surface area contributed by atoms with Crippen molar-refractivity contribution in [3.63, 3.8) is 0 Å². The average molecular weight is 302 g/mol. The molecule has 2 aromatic rings. The van der Waals surface area contributed by atoms with Crippen LogP contribution in [0.25, 0.3) is 6.08 Å². The van der Waals surface area contributed by atoms with Gasteiger partial charge in [-0.05, 0) is 48.9 Å². The number of hydrogen-bond donors (Lipinski definition) is 0. The zero-order valence-corrected chi connectivity index (χ0v) is 12.0. The zero-order chi connectivity index (χ0) is 15.4. The van der Waals surface area contributed by atoms with Gasteiger partial charge < -0.3 is 0 Å². The summed E-state index contributed by atoms with van der Waals surface area (Å²) in [5.41, 5.74) is 1.66. The molecule has 2 rings (SSSR count). The second-order valence-corrected chi connectivity index (χ2v) is 4.88. The smallest absolute Gasteiger partial charge is 0.276 e. The van der Waals surface area contributed by atoms with Crippen LogP contribution in [-0.2, 0) is 0 Å². The van der Waals surface area contributed by atoms with Gasteiger partial charge in [0.05, 0.1) is 10.5 Å². The number of ketones is 1. The Morgan fingerprint density at radius 1 is 1.24 bits per heavy atom. The van der Waals surface area contributed by atoms with E-state index in [0.29, 0.717) is 16.1 Å². The number of nitrogens with zero attached hydrogens (tertiary/aromatic N) is 1. The molecule has 0 bridgehead atoms. The molecular formula is C16H12ClNO3. The predicted octanol–water partition coefficient (Wildman–Crippen LogP) is 4.45. The van der Waals surface area contributed by atoms with Crippen LogP contribution in [0.5, 0.6) is 0 Å². The Kier molecular flexibility index (Phi) is 4.50. The van der Waals surface area contributed by atoms with Crippen molar-refractivity contribution in [1.82, 2.24) is 0 Å². The van der Waals surface area contributed by atoms with Crippen molar-refractivity contribution in [2.75, 3.05) is 0 Å². The van der Waals surface area contributed by atoms with E-state index in [4.69, 9.17) is 11.6 Å². The summed E-state index contributed by atoms with van der Waals surface area (Å²) in [6, 6.07) is 11.2.